The zero-order valence-corrected chi connectivity index (χ0v) is 19.4. The molecule has 0 radical (unpaired) electrons. The maximum absolute atomic E-state index is 13.0. The fourth-order valence-electron chi connectivity index (χ4n) is 3.79. The number of ether oxygens (including phenoxy) is 3. The molecule has 1 fully saturated rings. The highest BCUT2D eigenvalue weighted by molar-refractivity contribution is 5.95. The van der Waals surface area contributed by atoms with Crippen LogP contribution in [-0.4, -0.2) is 32.5 Å². The van der Waals surface area contributed by atoms with Crippen molar-refractivity contribution in [1.29, 1.82) is 0 Å². The monoisotopic (exact) mass is 461 g/mol. The molecule has 0 spiro atoms. The van der Waals surface area contributed by atoms with Crippen LogP contribution < -0.4 is 20.5 Å². The summed E-state index contributed by atoms with van der Waals surface area (Å²) in [5, 5.41) is 1.67. The van der Waals surface area contributed by atoms with Gasteiger partial charge in [-0.05, 0) is 29.3 Å². The highest BCUT2D eigenvalue weighted by atomic mass is 16.7. The average molecular weight is 462 g/mol. The molecule has 0 atom stereocenters. The highest BCUT2D eigenvalue weighted by Gasteiger charge is 2.21. The molecule has 1 saturated heterocycles. The van der Waals surface area contributed by atoms with Gasteiger partial charge in [0.25, 0.3) is 0 Å². The molecule has 1 aliphatic rings. The maximum Gasteiger partial charge on any atom is 0.227 e. The van der Waals surface area contributed by atoms with Gasteiger partial charge in [0.15, 0.2) is 6.29 Å². The summed E-state index contributed by atoms with van der Waals surface area (Å²) < 4.78 is 17.1. The lowest BCUT2D eigenvalue weighted by Crippen LogP contribution is -2.31. The number of hydrogen-bond donors (Lipinski definition) is 1. The second-order valence-electron chi connectivity index (χ2n) is 8.20. The Labute approximate surface area is 200 Å². The molecule has 1 amide bonds. The molecule has 34 heavy (non-hydrogen) atoms. The summed E-state index contributed by atoms with van der Waals surface area (Å²) in [6.07, 6.45) is 0.503. The topological polar surface area (TPSA) is 77.3 Å². The van der Waals surface area contributed by atoms with Gasteiger partial charge < -0.3 is 24.1 Å². The SMILES string of the molecule is CN(C(=O)CCC1OCCO1)c1cc(N(N)Cc2ccccc2)ccc1OCc1ccccc1. The molecular formula is C27H31N3O4. The Morgan fingerprint density at radius 1 is 0.971 bits per heavy atom. The van der Waals surface area contributed by atoms with Crippen molar-refractivity contribution in [1.82, 2.24) is 0 Å². The van der Waals surface area contributed by atoms with Crippen LogP contribution in [0.1, 0.15) is 24.0 Å². The van der Waals surface area contributed by atoms with E-state index in [4.69, 9.17) is 20.1 Å². The molecule has 178 valence electrons. The third-order valence-corrected chi connectivity index (χ3v) is 5.73. The van der Waals surface area contributed by atoms with Gasteiger partial charge in [-0.2, -0.15) is 0 Å². The Bertz CT molecular complexity index is 1060. The van der Waals surface area contributed by atoms with Crippen LogP contribution in [0.15, 0.2) is 78.9 Å². The second kappa shape index (κ2) is 11.7. The van der Waals surface area contributed by atoms with Crippen LogP contribution in [-0.2, 0) is 27.4 Å². The Hall–Kier alpha value is -3.39. The van der Waals surface area contributed by atoms with Crippen LogP contribution >= 0.6 is 0 Å². The predicted octanol–water partition coefficient (Wildman–Crippen LogP) is 4.26. The van der Waals surface area contributed by atoms with Crippen molar-refractivity contribution in [3.63, 3.8) is 0 Å². The van der Waals surface area contributed by atoms with E-state index in [1.54, 1.807) is 17.0 Å². The van der Waals surface area contributed by atoms with E-state index in [1.165, 1.54) is 0 Å². The molecule has 0 aromatic heterocycles. The number of nitrogens with zero attached hydrogens (tertiary/aromatic N) is 2. The fraction of sp³-hybridized carbons (Fsp3) is 0.296. The van der Waals surface area contributed by atoms with Crippen LogP contribution in [0.4, 0.5) is 11.4 Å². The lowest BCUT2D eigenvalue weighted by Gasteiger charge is -2.25. The first kappa shape index (κ1) is 23.8. The first-order valence-electron chi connectivity index (χ1n) is 11.5. The van der Waals surface area contributed by atoms with Gasteiger partial charge in [0.1, 0.15) is 12.4 Å². The van der Waals surface area contributed by atoms with Gasteiger partial charge in [-0.3, -0.25) is 4.79 Å². The number of carbonyl (C=O) groups excluding carboxylic acids is 1. The molecule has 3 aromatic rings. The van der Waals surface area contributed by atoms with E-state index in [0.717, 1.165) is 16.8 Å². The van der Waals surface area contributed by atoms with Gasteiger partial charge in [0.05, 0.1) is 31.1 Å². The third kappa shape index (κ3) is 6.35. The van der Waals surface area contributed by atoms with Crippen molar-refractivity contribution >= 4 is 17.3 Å². The van der Waals surface area contributed by atoms with Crippen molar-refractivity contribution in [2.75, 3.05) is 30.2 Å². The molecule has 4 rings (SSSR count). The largest absolute Gasteiger partial charge is 0.487 e. The number of amides is 1. The second-order valence-corrected chi connectivity index (χ2v) is 8.20. The van der Waals surface area contributed by atoms with Crippen molar-refractivity contribution in [2.45, 2.75) is 32.3 Å². The van der Waals surface area contributed by atoms with E-state index >= 15 is 0 Å². The summed E-state index contributed by atoms with van der Waals surface area (Å²) in [6.45, 7) is 2.08. The first-order valence-corrected chi connectivity index (χ1v) is 11.5. The lowest BCUT2D eigenvalue weighted by molar-refractivity contribution is -0.120. The molecule has 7 heteroatoms. The van der Waals surface area contributed by atoms with E-state index in [1.807, 2.05) is 78.9 Å². The molecule has 0 bridgehead atoms. The summed E-state index contributed by atoms with van der Waals surface area (Å²) in [4.78, 5) is 14.6. The van der Waals surface area contributed by atoms with E-state index < -0.39 is 0 Å². The Morgan fingerprint density at radius 3 is 2.29 bits per heavy atom. The first-order chi connectivity index (χ1) is 16.6. The third-order valence-electron chi connectivity index (χ3n) is 5.73. The van der Waals surface area contributed by atoms with Crippen LogP contribution in [0.25, 0.3) is 0 Å². The normalized spacial score (nSPS) is 13.6. The number of benzene rings is 3. The van der Waals surface area contributed by atoms with Gasteiger partial charge in [0.2, 0.25) is 5.91 Å². The molecule has 0 unspecified atom stereocenters. The Balaban J connectivity index is 1.52. The molecule has 1 aliphatic heterocycles. The minimum atomic E-state index is -0.317. The Morgan fingerprint density at radius 2 is 1.62 bits per heavy atom. The summed E-state index contributed by atoms with van der Waals surface area (Å²) >= 11 is 0. The van der Waals surface area contributed by atoms with Gasteiger partial charge in [-0.25, -0.2) is 5.84 Å². The summed E-state index contributed by atoms with van der Waals surface area (Å²) in [7, 11) is 1.76. The quantitative estimate of drug-likeness (QED) is 0.359. The van der Waals surface area contributed by atoms with E-state index in [9.17, 15) is 4.79 Å². The van der Waals surface area contributed by atoms with Crippen molar-refractivity contribution < 1.29 is 19.0 Å². The van der Waals surface area contributed by atoms with E-state index in [2.05, 4.69) is 0 Å². The summed E-state index contributed by atoms with van der Waals surface area (Å²) in [5.74, 6) is 6.95. The molecule has 0 saturated carbocycles. The van der Waals surface area contributed by atoms with Crippen molar-refractivity contribution in [3.05, 3.63) is 90.0 Å². The summed E-state index contributed by atoms with van der Waals surface area (Å²) in [6, 6.07) is 25.6. The zero-order chi connectivity index (χ0) is 23.8. The van der Waals surface area contributed by atoms with Crippen LogP contribution in [0.5, 0.6) is 5.75 Å². The smallest absolute Gasteiger partial charge is 0.227 e. The number of rotatable bonds is 10. The van der Waals surface area contributed by atoms with Crippen molar-refractivity contribution in [2.24, 2.45) is 5.84 Å². The number of hydrazine groups is 1. The average Bonchev–Trinajstić information content (AvgIpc) is 3.40. The zero-order valence-electron chi connectivity index (χ0n) is 19.4. The molecule has 0 aliphatic carbocycles. The van der Waals surface area contributed by atoms with Crippen molar-refractivity contribution in [3.8, 4) is 5.75 Å². The number of nitrogens with two attached hydrogens (primary N) is 1. The lowest BCUT2D eigenvalue weighted by atomic mass is 10.2. The van der Waals surface area contributed by atoms with Crippen LogP contribution in [0, 0.1) is 0 Å². The number of anilines is 2. The Kier molecular flexibility index (Phi) is 8.14. The van der Waals surface area contributed by atoms with Gasteiger partial charge >= 0.3 is 0 Å². The maximum atomic E-state index is 13.0. The fourth-order valence-corrected chi connectivity index (χ4v) is 3.79. The highest BCUT2D eigenvalue weighted by Crippen LogP contribution is 2.33. The van der Waals surface area contributed by atoms with E-state index in [0.29, 0.717) is 50.6 Å². The van der Waals surface area contributed by atoms with E-state index in [-0.39, 0.29) is 12.2 Å². The molecule has 2 N–H and O–H groups in total. The van der Waals surface area contributed by atoms with Gasteiger partial charge in [0, 0.05) is 19.9 Å². The number of carbonyl (C=O) groups is 1. The molecule has 3 aromatic carbocycles. The predicted molar refractivity (Wildman–Crippen MR) is 132 cm³/mol. The van der Waals surface area contributed by atoms with Gasteiger partial charge in [-0.15, -0.1) is 0 Å². The standard InChI is InChI=1S/C27H31N3O4/c1-29(26(31)14-15-27-32-16-17-33-27)24-18-23(30(28)19-21-8-4-2-5-9-21)12-13-25(24)34-20-22-10-6-3-7-11-22/h2-13,18,27H,14-17,19-20,28H2,1H3. The molecule has 1 heterocycles. The van der Waals surface area contributed by atoms with Crippen LogP contribution in [0.2, 0.25) is 0 Å². The summed E-state index contributed by atoms with van der Waals surface area (Å²) in [5.41, 5.74) is 3.59. The van der Waals surface area contributed by atoms with Crippen LogP contribution in [0.3, 0.4) is 0 Å². The minimum absolute atomic E-state index is 0.0487. The number of hydrogen-bond acceptors (Lipinski definition) is 6. The molecular weight excluding hydrogens is 430 g/mol. The molecule has 7 nitrogen and oxygen atoms in total. The van der Waals surface area contributed by atoms with Gasteiger partial charge in [-0.1, -0.05) is 60.7 Å². The minimum Gasteiger partial charge on any atom is -0.487 e.